The van der Waals surface area contributed by atoms with Crippen molar-refractivity contribution in [2.24, 2.45) is 0 Å². The number of hydrogen-bond acceptors (Lipinski definition) is 5. The fourth-order valence-electron chi connectivity index (χ4n) is 2.10. The number of nitrogens with one attached hydrogen (secondary N) is 1. The van der Waals surface area contributed by atoms with Gasteiger partial charge in [0.1, 0.15) is 17.2 Å². The van der Waals surface area contributed by atoms with Gasteiger partial charge in [-0.25, -0.2) is 0 Å². The molecule has 0 unspecified atom stereocenters. The normalized spacial score (nSPS) is 10.1. The van der Waals surface area contributed by atoms with Crippen molar-refractivity contribution in [2.75, 3.05) is 19.0 Å². The fourth-order valence-corrected chi connectivity index (χ4v) is 2.10. The van der Waals surface area contributed by atoms with Gasteiger partial charge in [0.15, 0.2) is 0 Å². The van der Waals surface area contributed by atoms with Crippen molar-refractivity contribution in [3.05, 3.63) is 58.1 Å². The minimum Gasteiger partial charge on any atom is -0.496 e. The van der Waals surface area contributed by atoms with Crippen molar-refractivity contribution < 1.29 is 19.2 Å². The molecule has 2 aromatic rings. The highest BCUT2D eigenvalue weighted by molar-refractivity contribution is 6.07. The Morgan fingerprint density at radius 2 is 2.00 bits per heavy atom. The first-order chi connectivity index (χ1) is 11.6. The number of anilines is 1. The van der Waals surface area contributed by atoms with Gasteiger partial charge < -0.3 is 14.8 Å². The molecule has 0 atom stereocenters. The molecular weight excluding hydrogens is 312 g/mol. The molecule has 2 rings (SSSR count). The zero-order valence-corrected chi connectivity index (χ0v) is 13.4. The highest BCUT2D eigenvalue weighted by Gasteiger charge is 2.19. The molecule has 0 radical (unpaired) electrons. The highest BCUT2D eigenvalue weighted by atomic mass is 16.6. The molecule has 24 heavy (non-hydrogen) atoms. The van der Waals surface area contributed by atoms with Crippen LogP contribution < -0.4 is 14.8 Å². The van der Waals surface area contributed by atoms with Crippen molar-refractivity contribution in [1.82, 2.24) is 0 Å². The number of nitro benzene ring substituents is 1. The Balaban J connectivity index is 2.28. The molecule has 0 aromatic heterocycles. The molecule has 7 nitrogen and oxygen atoms in total. The number of nitro groups is 1. The third-order valence-corrected chi connectivity index (χ3v) is 3.24. The van der Waals surface area contributed by atoms with E-state index in [-0.39, 0.29) is 11.4 Å². The number of rotatable bonds is 7. The van der Waals surface area contributed by atoms with E-state index >= 15 is 0 Å². The predicted molar refractivity (Wildman–Crippen MR) is 89.8 cm³/mol. The number of methoxy groups -OCH3 is 1. The molecule has 1 N–H and O–H groups in total. The van der Waals surface area contributed by atoms with E-state index in [1.54, 1.807) is 30.3 Å². The maximum absolute atomic E-state index is 12.4. The fraction of sp³-hybridized carbons (Fsp3) is 0.235. The number of carbonyl (C=O) groups excluding carboxylic acids is 1. The third kappa shape index (κ3) is 4.01. The molecule has 0 aliphatic carbocycles. The van der Waals surface area contributed by atoms with Gasteiger partial charge >= 0.3 is 0 Å². The Hall–Kier alpha value is -3.09. The second kappa shape index (κ2) is 7.96. The third-order valence-electron chi connectivity index (χ3n) is 3.24. The van der Waals surface area contributed by atoms with E-state index in [1.165, 1.54) is 19.2 Å². The van der Waals surface area contributed by atoms with Crippen LogP contribution >= 0.6 is 0 Å². The monoisotopic (exact) mass is 330 g/mol. The lowest BCUT2D eigenvalue weighted by Gasteiger charge is -2.10. The van der Waals surface area contributed by atoms with E-state index in [9.17, 15) is 14.9 Å². The average molecular weight is 330 g/mol. The maximum atomic E-state index is 12.4. The van der Waals surface area contributed by atoms with Crippen LogP contribution in [0.15, 0.2) is 42.5 Å². The van der Waals surface area contributed by atoms with Crippen LogP contribution in [-0.2, 0) is 0 Å². The minimum atomic E-state index is -0.559. The topological polar surface area (TPSA) is 90.7 Å². The highest BCUT2D eigenvalue weighted by Crippen LogP contribution is 2.30. The van der Waals surface area contributed by atoms with Gasteiger partial charge in [-0.3, -0.25) is 14.9 Å². The molecule has 0 spiro atoms. The van der Waals surface area contributed by atoms with Crippen molar-refractivity contribution >= 4 is 17.3 Å². The summed E-state index contributed by atoms with van der Waals surface area (Å²) in [4.78, 5) is 23.1. The summed E-state index contributed by atoms with van der Waals surface area (Å²) in [6, 6.07) is 11.0. The predicted octanol–water partition coefficient (Wildman–Crippen LogP) is 3.64. The number of para-hydroxylation sites is 1. The van der Waals surface area contributed by atoms with Crippen LogP contribution in [0.25, 0.3) is 0 Å². The van der Waals surface area contributed by atoms with Gasteiger partial charge in [0, 0.05) is 0 Å². The second-order valence-electron chi connectivity index (χ2n) is 4.94. The van der Waals surface area contributed by atoms with E-state index in [0.717, 1.165) is 6.42 Å². The quantitative estimate of drug-likeness (QED) is 0.618. The molecule has 126 valence electrons. The minimum absolute atomic E-state index is 0.0970. The average Bonchev–Trinajstić information content (AvgIpc) is 2.60. The summed E-state index contributed by atoms with van der Waals surface area (Å²) < 4.78 is 10.5. The zero-order chi connectivity index (χ0) is 17.5. The molecule has 0 aliphatic rings. The van der Waals surface area contributed by atoms with E-state index < -0.39 is 10.8 Å². The SMILES string of the molecule is CCCOc1ccc(NC(=O)c2ccccc2OC)c([N+](=O)[O-])c1. The van der Waals surface area contributed by atoms with Crippen molar-refractivity contribution in [2.45, 2.75) is 13.3 Å². The summed E-state index contributed by atoms with van der Waals surface area (Å²) in [5.41, 5.74) is 0.159. The van der Waals surface area contributed by atoms with Crippen molar-refractivity contribution in [3.8, 4) is 11.5 Å². The number of amides is 1. The molecule has 0 saturated heterocycles. The summed E-state index contributed by atoms with van der Waals surface area (Å²) in [6.45, 7) is 2.40. The molecule has 1 amide bonds. The maximum Gasteiger partial charge on any atom is 0.296 e. The molecule has 7 heteroatoms. The smallest absolute Gasteiger partial charge is 0.296 e. The second-order valence-corrected chi connectivity index (χ2v) is 4.94. The summed E-state index contributed by atoms with van der Waals surface area (Å²) in [7, 11) is 1.45. The molecule has 0 fully saturated rings. The molecule has 0 aliphatic heterocycles. The largest absolute Gasteiger partial charge is 0.496 e. The van der Waals surface area contributed by atoms with Gasteiger partial charge in [-0.15, -0.1) is 0 Å². The van der Waals surface area contributed by atoms with Gasteiger partial charge in [0.2, 0.25) is 0 Å². The Morgan fingerprint density at radius 1 is 1.25 bits per heavy atom. The van der Waals surface area contributed by atoms with Crippen LogP contribution in [0.4, 0.5) is 11.4 Å². The van der Waals surface area contributed by atoms with Gasteiger partial charge in [-0.1, -0.05) is 19.1 Å². The lowest BCUT2D eigenvalue weighted by atomic mass is 10.1. The summed E-state index contributed by atoms with van der Waals surface area (Å²) in [6.07, 6.45) is 0.792. The van der Waals surface area contributed by atoms with Gasteiger partial charge in [0.25, 0.3) is 11.6 Å². The van der Waals surface area contributed by atoms with Crippen molar-refractivity contribution in [1.29, 1.82) is 0 Å². The van der Waals surface area contributed by atoms with Crippen LogP contribution in [0.3, 0.4) is 0 Å². The number of hydrogen-bond donors (Lipinski definition) is 1. The van der Waals surface area contributed by atoms with Crippen LogP contribution in [0, 0.1) is 10.1 Å². The number of benzene rings is 2. The Kier molecular flexibility index (Phi) is 5.73. The summed E-state index contributed by atoms with van der Waals surface area (Å²) in [5, 5.41) is 13.8. The Morgan fingerprint density at radius 3 is 2.67 bits per heavy atom. The number of nitrogens with zero attached hydrogens (tertiary/aromatic N) is 1. The molecule has 0 bridgehead atoms. The summed E-state index contributed by atoms with van der Waals surface area (Å²) in [5.74, 6) is 0.289. The molecule has 0 heterocycles. The lowest BCUT2D eigenvalue weighted by Crippen LogP contribution is -2.14. The number of ether oxygens (including phenoxy) is 2. The van der Waals surface area contributed by atoms with Gasteiger partial charge in [0.05, 0.1) is 30.3 Å². The van der Waals surface area contributed by atoms with E-state index in [0.29, 0.717) is 23.7 Å². The van der Waals surface area contributed by atoms with Crippen LogP contribution in [0.2, 0.25) is 0 Å². The molecule has 0 saturated carbocycles. The Bertz CT molecular complexity index is 746. The van der Waals surface area contributed by atoms with Crippen LogP contribution in [-0.4, -0.2) is 24.5 Å². The van der Waals surface area contributed by atoms with E-state index in [2.05, 4.69) is 5.32 Å². The lowest BCUT2D eigenvalue weighted by molar-refractivity contribution is -0.384. The van der Waals surface area contributed by atoms with Crippen LogP contribution in [0.1, 0.15) is 23.7 Å². The van der Waals surface area contributed by atoms with Gasteiger partial charge in [-0.05, 0) is 30.7 Å². The number of carbonyl (C=O) groups is 1. The first kappa shape index (κ1) is 17.3. The Labute approximate surface area is 139 Å². The first-order valence-corrected chi connectivity index (χ1v) is 7.42. The zero-order valence-electron chi connectivity index (χ0n) is 13.4. The summed E-state index contributed by atoms with van der Waals surface area (Å²) >= 11 is 0. The van der Waals surface area contributed by atoms with Crippen LogP contribution in [0.5, 0.6) is 11.5 Å². The van der Waals surface area contributed by atoms with Gasteiger partial charge in [-0.2, -0.15) is 0 Å². The first-order valence-electron chi connectivity index (χ1n) is 7.42. The molecule has 2 aromatic carbocycles. The van der Waals surface area contributed by atoms with E-state index in [1.807, 2.05) is 6.92 Å². The standard InChI is InChI=1S/C17H18N2O5/c1-3-10-24-12-8-9-14(15(11-12)19(21)22)18-17(20)13-6-4-5-7-16(13)23-2/h4-9,11H,3,10H2,1-2H3,(H,18,20). The molecular formula is C17H18N2O5. The van der Waals surface area contributed by atoms with E-state index in [4.69, 9.17) is 9.47 Å². The van der Waals surface area contributed by atoms with Crippen molar-refractivity contribution in [3.63, 3.8) is 0 Å².